The zero-order valence-electron chi connectivity index (χ0n) is 23.4. The lowest BCUT2D eigenvalue weighted by atomic mass is 9.44. The Morgan fingerprint density at radius 3 is 1.67 bits per heavy atom. The molecule has 8 saturated carbocycles. The molecule has 0 spiro atoms. The molecule has 0 aromatic rings. The topological polar surface area (TPSA) is 118 Å². The monoisotopic (exact) mass is 548 g/mol. The van der Waals surface area contributed by atoms with Crippen LogP contribution in [-0.4, -0.2) is 70.0 Å². The van der Waals surface area contributed by atoms with Gasteiger partial charge in [-0.25, -0.2) is 0 Å². The molecule has 39 heavy (non-hydrogen) atoms. The molecule has 9 nitrogen and oxygen atoms in total. The quantitative estimate of drug-likeness (QED) is 0.179. The highest BCUT2D eigenvalue weighted by Crippen LogP contribution is 2.67. The van der Waals surface area contributed by atoms with E-state index in [4.69, 9.17) is 23.7 Å². The van der Waals surface area contributed by atoms with Gasteiger partial charge in [0.25, 0.3) is 0 Å². The summed E-state index contributed by atoms with van der Waals surface area (Å²) in [6.45, 7) is 0.905. The van der Waals surface area contributed by atoms with Crippen molar-refractivity contribution in [3.8, 4) is 0 Å². The third-order valence-electron chi connectivity index (χ3n) is 11.3. The minimum absolute atomic E-state index is 0.139. The van der Waals surface area contributed by atoms with Crippen molar-refractivity contribution in [2.75, 3.05) is 40.6 Å². The first-order valence-corrected chi connectivity index (χ1v) is 14.9. The summed E-state index contributed by atoms with van der Waals surface area (Å²) in [5.74, 6) is 1.12. The fourth-order valence-electron chi connectivity index (χ4n) is 10.9. The molecule has 4 unspecified atom stereocenters. The first-order chi connectivity index (χ1) is 18.7. The number of hydrogen-bond acceptors (Lipinski definition) is 9. The van der Waals surface area contributed by atoms with Crippen LogP contribution in [0.25, 0.3) is 0 Å². The molecule has 5 atom stereocenters. The average Bonchev–Trinajstić information content (AvgIpc) is 2.89. The Morgan fingerprint density at radius 2 is 1.13 bits per heavy atom. The molecule has 8 bridgehead atoms. The summed E-state index contributed by atoms with van der Waals surface area (Å²) in [6.07, 6.45) is 9.19. The standard InChI is InChI=1S/C30H44O9/c1-35-23(31)27-9-19-7-20(10-27)14-29(13-19,17-27)25(33)38-5-3-37-4-6-39-26(34)30-15-21-8-22(16-30)12-28(11-21,18-30)24(32)36-2/h19-22,25,33H,3-18H2,1-2H3/t19?,20?,21?,22?,25-,27?,28?,29?,30?/m0/s1. The van der Waals surface area contributed by atoms with Crippen molar-refractivity contribution in [2.24, 2.45) is 45.3 Å². The van der Waals surface area contributed by atoms with E-state index < -0.39 is 27.9 Å². The van der Waals surface area contributed by atoms with Crippen LogP contribution in [-0.2, 0) is 38.1 Å². The van der Waals surface area contributed by atoms with Crippen LogP contribution in [0.2, 0.25) is 0 Å². The molecule has 0 aromatic heterocycles. The number of aliphatic hydroxyl groups excluding tert-OH is 1. The highest BCUT2D eigenvalue weighted by molar-refractivity contribution is 5.83. The first kappa shape index (κ1) is 27.5. The van der Waals surface area contributed by atoms with Crippen LogP contribution in [0, 0.1) is 45.3 Å². The zero-order valence-corrected chi connectivity index (χ0v) is 23.4. The molecule has 8 aliphatic rings. The molecule has 8 aliphatic carbocycles. The van der Waals surface area contributed by atoms with E-state index >= 15 is 0 Å². The van der Waals surface area contributed by atoms with E-state index in [2.05, 4.69) is 0 Å². The molecule has 8 rings (SSSR count). The lowest BCUT2D eigenvalue weighted by Crippen LogP contribution is -2.59. The van der Waals surface area contributed by atoms with Gasteiger partial charge in [0, 0.05) is 5.41 Å². The zero-order chi connectivity index (χ0) is 27.5. The molecule has 8 fully saturated rings. The first-order valence-electron chi connectivity index (χ1n) is 14.9. The van der Waals surface area contributed by atoms with Gasteiger partial charge < -0.3 is 28.8 Å². The van der Waals surface area contributed by atoms with Crippen molar-refractivity contribution in [3.63, 3.8) is 0 Å². The smallest absolute Gasteiger partial charge is 0.312 e. The fraction of sp³-hybridized carbons (Fsp3) is 0.900. The molecular weight excluding hydrogens is 504 g/mol. The summed E-state index contributed by atoms with van der Waals surface area (Å²) < 4.78 is 27.5. The van der Waals surface area contributed by atoms with E-state index in [0.717, 1.165) is 64.2 Å². The molecule has 1 N–H and O–H groups in total. The molecule has 0 amide bonds. The summed E-state index contributed by atoms with van der Waals surface area (Å²) in [6, 6.07) is 0. The number of ether oxygens (including phenoxy) is 5. The highest BCUT2D eigenvalue weighted by atomic mass is 16.6. The van der Waals surface area contributed by atoms with E-state index in [9.17, 15) is 19.5 Å². The molecule has 0 saturated heterocycles. The molecule has 0 radical (unpaired) electrons. The SMILES string of the molecule is COC(=O)C12CC3CC(C1)CC(C(=O)OCCOCCO[C@H](O)C14CC5CC(CC(C(=O)OC)(C5)C1)C4)(C3)C2. The molecule has 218 valence electrons. The van der Waals surface area contributed by atoms with Gasteiger partial charge in [0.05, 0.1) is 50.3 Å². The molecule has 0 aliphatic heterocycles. The van der Waals surface area contributed by atoms with E-state index in [-0.39, 0.29) is 44.3 Å². The normalized spacial score (nSPS) is 43.8. The van der Waals surface area contributed by atoms with Gasteiger partial charge in [0.1, 0.15) is 6.61 Å². The molecular formula is C30H44O9. The third-order valence-corrected chi connectivity index (χ3v) is 11.3. The van der Waals surface area contributed by atoms with Crippen molar-refractivity contribution in [1.82, 2.24) is 0 Å². The van der Waals surface area contributed by atoms with Crippen molar-refractivity contribution in [2.45, 2.75) is 83.3 Å². The Morgan fingerprint density at radius 1 is 0.667 bits per heavy atom. The van der Waals surface area contributed by atoms with Crippen LogP contribution in [0.5, 0.6) is 0 Å². The van der Waals surface area contributed by atoms with Gasteiger partial charge in [-0.05, 0) is 101 Å². The van der Waals surface area contributed by atoms with Gasteiger partial charge in [-0.2, -0.15) is 0 Å². The number of rotatable bonds is 11. The summed E-state index contributed by atoms with van der Waals surface area (Å²) in [5.41, 5.74) is -1.98. The van der Waals surface area contributed by atoms with Crippen LogP contribution in [0.3, 0.4) is 0 Å². The van der Waals surface area contributed by atoms with E-state index in [1.54, 1.807) is 0 Å². The van der Waals surface area contributed by atoms with E-state index in [1.807, 2.05) is 0 Å². The molecule has 9 heteroatoms. The largest absolute Gasteiger partial charge is 0.469 e. The Labute approximate surface area is 230 Å². The molecule has 0 heterocycles. The second kappa shape index (κ2) is 9.98. The van der Waals surface area contributed by atoms with E-state index in [0.29, 0.717) is 36.5 Å². The number of aliphatic hydroxyl groups is 1. The van der Waals surface area contributed by atoms with E-state index in [1.165, 1.54) is 14.2 Å². The Hall–Kier alpha value is -1.71. The third kappa shape index (κ3) is 4.60. The van der Waals surface area contributed by atoms with Crippen LogP contribution in [0.4, 0.5) is 0 Å². The summed E-state index contributed by atoms with van der Waals surface area (Å²) in [4.78, 5) is 38.5. The van der Waals surface area contributed by atoms with Crippen LogP contribution < -0.4 is 0 Å². The van der Waals surface area contributed by atoms with Crippen molar-refractivity contribution in [3.05, 3.63) is 0 Å². The van der Waals surface area contributed by atoms with Gasteiger partial charge in [-0.3, -0.25) is 14.4 Å². The van der Waals surface area contributed by atoms with Gasteiger partial charge in [-0.1, -0.05) is 0 Å². The second-order valence-electron chi connectivity index (χ2n) is 14.1. The Balaban J connectivity index is 0.941. The van der Waals surface area contributed by atoms with Crippen molar-refractivity contribution < 1.29 is 43.2 Å². The van der Waals surface area contributed by atoms with Crippen molar-refractivity contribution >= 4 is 17.9 Å². The summed E-state index contributed by atoms with van der Waals surface area (Å²) in [7, 11) is 2.89. The van der Waals surface area contributed by atoms with Gasteiger partial charge in [0.2, 0.25) is 0 Å². The van der Waals surface area contributed by atoms with Gasteiger partial charge in [0.15, 0.2) is 6.29 Å². The number of methoxy groups -OCH3 is 2. The maximum Gasteiger partial charge on any atom is 0.312 e. The number of carbonyl (C=O) groups excluding carboxylic acids is 3. The average molecular weight is 549 g/mol. The van der Waals surface area contributed by atoms with Gasteiger partial charge in [-0.15, -0.1) is 0 Å². The minimum atomic E-state index is -0.938. The summed E-state index contributed by atoms with van der Waals surface area (Å²) >= 11 is 0. The Bertz CT molecular complexity index is 963. The van der Waals surface area contributed by atoms with Crippen LogP contribution in [0.15, 0.2) is 0 Å². The molecule has 0 aromatic carbocycles. The number of hydrogen-bond donors (Lipinski definition) is 1. The van der Waals surface area contributed by atoms with Gasteiger partial charge >= 0.3 is 17.9 Å². The summed E-state index contributed by atoms with van der Waals surface area (Å²) in [5, 5.41) is 11.1. The lowest BCUT2D eigenvalue weighted by Gasteiger charge is -2.61. The maximum absolute atomic E-state index is 13.2. The van der Waals surface area contributed by atoms with Crippen LogP contribution >= 0.6 is 0 Å². The van der Waals surface area contributed by atoms with Crippen LogP contribution in [0.1, 0.15) is 77.0 Å². The number of carbonyl (C=O) groups is 3. The predicted octanol–water partition coefficient (Wildman–Crippen LogP) is 3.40. The predicted molar refractivity (Wildman–Crippen MR) is 137 cm³/mol. The minimum Gasteiger partial charge on any atom is -0.469 e. The second-order valence-corrected chi connectivity index (χ2v) is 14.1. The lowest BCUT2D eigenvalue weighted by molar-refractivity contribution is -0.249. The highest BCUT2D eigenvalue weighted by Gasteiger charge is 2.65. The van der Waals surface area contributed by atoms with Crippen molar-refractivity contribution in [1.29, 1.82) is 0 Å². The number of esters is 3. The maximum atomic E-state index is 13.2. The fourth-order valence-corrected chi connectivity index (χ4v) is 10.9. The Kier molecular flexibility index (Phi) is 7.03.